The SMILES string of the molecule is Cc1c2n(c3ccccc13)CCC2c1cc2ccccc2n1CCC1OCCCO1. The van der Waals surface area contributed by atoms with E-state index in [0.29, 0.717) is 5.92 Å². The van der Waals surface area contributed by atoms with E-state index in [0.717, 1.165) is 45.6 Å². The molecule has 30 heavy (non-hydrogen) atoms. The van der Waals surface area contributed by atoms with Crippen molar-refractivity contribution in [3.63, 3.8) is 0 Å². The lowest BCUT2D eigenvalue weighted by Gasteiger charge is -2.24. The second kappa shape index (κ2) is 7.29. The summed E-state index contributed by atoms with van der Waals surface area (Å²) in [5.74, 6) is 0.429. The number of benzene rings is 2. The van der Waals surface area contributed by atoms with E-state index < -0.39 is 0 Å². The zero-order chi connectivity index (χ0) is 20.1. The predicted molar refractivity (Wildman–Crippen MR) is 120 cm³/mol. The second-order valence-electron chi connectivity index (χ2n) is 8.61. The maximum Gasteiger partial charge on any atom is 0.159 e. The van der Waals surface area contributed by atoms with Gasteiger partial charge in [-0.25, -0.2) is 0 Å². The molecule has 0 amide bonds. The van der Waals surface area contributed by atoms with Gasteiger partial charge in [0.1, 0.15) is 0 Å². The first-order valence-electron chi connectivity index (χ1n) is 11.2. The fourth-order valence-electron chi connectivity index (χ4n) is 5.58. The maximum atomic E-state index is 5.83. The minimum Gasteiger partial charge on any atom is -0.353 e. The molecule has 1 saturated heterocycles. The van der Waals surface area contributed by atoms with Gasteiger partial charge in [0.15, 0.2) is 6.29 Å². The summed E-state index contributed by atoms with van der Waals surface area (Å²) in [6.45, 7) is 5.93. The number of ether oxygens (including phenoxy) is 2. The minimum atomic E-state index is -0.0791. The first-order valence-corrected chi connectivity index (χ1v) is 11.2. The lowest BCUT2D eigenvalue weighted by molar-refractivity contribution is -0.182. The molecule has 4 nitrogen and oxygen atoms in total. The van der Waals surface area contributed by atoms with Gasteiger partial charge in [0, 0.05) is 53.2 Å². The number of aromatic nitrogens is 2. The molecule has 0 bridgehead atoms. The van der Waals surface area contributed by atoms with Crippen molar-refractivity contribution < 1.29 is 9.47 Å². The van der Waals surface area contributed by atoms with Crippen molar-refractivity contribution in [2.75, 3.05) is 13.2 Å². The van der Waals surface area contributed by atoms with Crippen LogP contribution in [0.15, 0.2) is 54.6 Å². The molecular formula is C26H28N2O2. The van der Waals surface area contributed by atoms with Gasteiger partial charge in [-0.05, 0) is 48.9 Å². The zero-order valence-electron chi connectivity index (χ0n) is 17.5. The Kier molecular flexibility index (Phi) is 4.43. The molecule has 0 saturated carbocycles. The molecule has 0 N–H and O–H groups in total. The summed E-state index contributed by atoms with van der Waals surface area (Å²) < 4.78 is 16.7. The summed E-state index contributed by atoms with van der Waals surface area (Å²) >= 11 is 0. The molecule has 4 heteroatoms. The van der Waals surface area contributed by atoms with Crippen LogP contribution in [0, 0.1) is 6.92 Å². The average Bonchev–Trinajstić information content (AvgIpc) is 3.46. The third kappa shape index (κ3) is 2.82. The van der Waals surface area contributed by atoms with E-state index in [1.165, 1.54) is 38.8 Å². The molecule has 0 spiro atoms. The van der Waals surface area contributed by atoms with Crippen LogP contribution >= 0.6 is 0 Å². The lowest BCUT2D eigenvalue weighted by Crippen LogP contribution is -2.26. The third-order valence-corrected chi connectivity index (χ3v) is 6.93. The number of hydrogen-bond acceptors (Lipinski definition) is 2. The molecule has 6 rings (SSSR count). The molecule has 1 fully saturated rings. The first kappa shape index (κ1) is 18.2. The van der Waals surface area contributed by atoms with Gasteiger partial charge in [0.25, 0.3) is 0 Å². The zero-order valence-corrected chi connectivity index (χ0v) is 17.5. The molecule has 2 aliphatic rings. The Morgan fingerprint density at radius 3 is 2.60 bits per heavy atom. The Labute approximate surface area is 177 Å². The van der Waals surface area contributed by atoms with Gasteiger partial charge >= 0.3 is 0 Å². The summed E-state index contributed by atoms with van der Waals surface area (Å²) in [7, 11) is 0. The van der Waals surface area contributed by atoms with E-state index in [-0.39, 0.29) is 6.29 Å². The van der Waals surface area contributed by atoms with E-state index in [9.17, 15) is 0 Å². The predicted octanol–water partition coefficient (Wildman–Crippen LogP) is 5.59. The number of rotatable bonds is 4. The molecule has 154 valence electrons. The van der Waals surface area contributed by atoms with Gasteiger partial charge in [-0.15, -0.1) is 0 Å². The largest absolute Gasteiger partial charge is 0.353 e. The molecule has 2 aliphatic heterocycles. The quantitative estimate of drug-likeness (QED) is 0.446. The molecule has 1 unspecified atom stereocenters. The summed E-state index contributed by atoms with van der Waals surface area (Å²) in [4.78, 5) is 0. The van der Waals surface area contributed by atoms with E-state index in [4.69, 9.17) is 9.47 Å². The van der Waals surface area contributed by atoms with Gasteiger partial charge in [-0.2, -0.15) is 0 Å². The van der Waals surface area contributed by atoms with Gasteiger partial charge in [0.05, 0.1) is 13.2 Å². The molecule has 0 radical (unpaired) electrons. The van der Waals surface area contributed by atoms with Crippen molar-refractivity contribution in [3.8, 4) is 0 Å². The summed E-state index contributed by atoms with van der Waals surface area (Å²) in [5, 5.41) is 2.72. The second-order valence-corrected chi connectivity index (χ2v) is 8.61. The summed E-state index contributed by atoms with van der Waals surface area (Å²) in [5.41, 5.74) is 7.04. The van der Waals surface area contributed by atoms with Crippen LogP contribution < -0.4 is 0 Å². The van der Waals surface area contributed by atoms with E-state index >= 15 is 0 Å². The van der Waals surface area contributed by atoms with Crippen molar-refractivity contribution in [1.29, 1.82) is 0 Å². The van der Waals surface area contributed by atoms with Crippen LogP contribution in [0.3, 0.4) is 0 Å². The Morgan fingerprint density at radius 1 is 0.967 bits per heavy atom. The van der Waals surface area contributed by atoms with Crippen LogP contribution in [0.25, 0.3) is 21.8 Å². The highest BCUT2D eigenvalue weighted by atomic mass is 16.7. The lowest BCUT2D eigenvalue weighted by atomic mass is 9.96. The number of hydrogen-bond donors (Lipinski definition) is 0. The van der Waals surface area contributed by atoms with Crippen molar-refractivity contribution >= 4 is 21.8 Å². The smallest absolute Gasteiger partial charge is 0.159 e. The van der Waals surface area contributed by atoms with Crippen LogP contribution in [-0.2, 0) is 22.6 Å². The van der Waals surface area contributed by atoms with E-state index in [1.54, 1.807) is 0 Å². The van der Waals surface area contributed by atoms with Gasteiger partial charge < -0.3 is 18.6 Å². The highest BCUT2D eigenvalue weighted by Gasteiger charge is 2.31. The van der Waals surface area contributed by atoms with Crippen LogP contribution in [0.1, 0.15) is 42.1 Å². The van der Waals surface area contributed by atoms with Crippen LogP contribution in [-0.4, -0.2) is 28.6 Å². The fraction of sp³-hybridized carbons (Fsp3) is 0.385. The summed E-state index contributed by atoms with van der Waals surface area (Å²) in [6, 6.07) is 20.0. The maximum absolute atomic E-state index is 5.83. The van der Waals surface area contributed by atoms with Gasteiger partial charge in [-0.1, -0.05) is 36.4 Å². The van der Waals surface area contributed by atoms with Crippen molar-refractivity contribution in [1.82, 2.24) is 9.13 Å². The highest BCUT2D eigenvalue weighted by molar-refractivity contribution is 5.87. The Bertz CT molecular complexity index is 1210. The molecule has 4 aromatic rings. The topological polar surface area (TPSA) is 28.3 Å². The van der Waals surface area contributed by atoms with E-state index in [2.05, 4.69) is 70.7 Å². The highest BCUT2D eigenvalue weighted by Crippen LogP contribution is 2.43. The number of aryl methyl sites for hydroxylation is 3. The standard InChI is InChI=1S/C26H28N2O2/c1-18-20-8-3-5-10-23(20)28-13-11-21(26(18)28)24-17-19-7-2-4-9-22(19)27(24)14-12-25-29-15-6-16-30-25/h2-5,7-10,17,21,25H,6,11-16H2,1H3. The number of nitrogens with zero attached hydrogens (tertiary/aromatic N) is 2. The van der Waals surface area contributed by atoms with E-state index in [1.807, 2.05) is 0 Å². The average molecular weight is 401 g/mol. The summed E-state index contributed by atoms with van der Waals surface area (Å²) in [6.07, 6.45) is 2.97. The van der Waals surface area contributed by atoms with Crippen molar-refractivity contribution in [2.45, 2.75) is 51.5 Å². The molecular weight excluding hydrogens is 372 g/mol. The van der Waals surface area contributed by atoms with Crippen molar-refractivity contribution in [3.05, 3.63) is 71.5 Å². The molecule has 2 aromatic carbocycles. The number of fused-ring (bicyclic) bond motifs is 4. The number of para-hydroxylation sites is 2. The normalized spacial score (nSPS) is 19.7. The van der Waals surface area contributed by atoms with Crippen LogP contribution in [0.4, 0.5) is 0 Å². The Balaban J connectivity index is 1.43. The molecule has 0 aliphatic carbocycles. The fourth-order valence-corrected chi connectivity index (χ4v) is 5.58. The molecule has 4 heterocycles. The molecule has 1 atom stereocenters. The van der Waals surface area contributed by atoms with Crippen LogP contribution in [0.5, 0.6) is 0 Å². The van der Waals surface area contributed by atoms with Crippen molar-refractivity contribution in [2.24, 2.45) is 0 Å². The van der Waals surface area contributed by atoms with Crippen LogP contribution in [0.2, 0.25) is 0 Å². The molecule has 2 aromatic heterocycles. The third-order valence-electron chi connectivity index (χ3n) is 6.93. The monoisotopic (exact) mass is 400 g/mol. The Hall–Kier alpha value is -2.56. The Morgan fingerprint density at radius 2 is 1.73 bits per heavy atom. The first-order chi connectivity index (χ1) is 14.8. The van der Waals surface area contributed by atoms with Gasteiger partial charge in [0.2, 0.25) is 0 Å². The minimum absolute atomic E-state index is 0.0791. The van der Waals surface area contributed by atoms with Gasteiger partial charge in [-0.3, -0.25) is 0 Å².